The Kier molecular flexibility index (Phi) is 5.48. The molecule has 1 rings (SSSR count). The minimum atomic E-state index is -0.939. The van der Waals surface area contributed by atoms with Gasteiger partial charge in [-0.15, -0.1) is 0 Å². The minimum Gasteiger partial charge on any atom is -0.464 e. The molecule has 1 aromatic heterocycles. The molecule has 1 aromatic rings. The van der Waals surface area contributed by atoms with Crippen LogP contribution in [0.1, 0.15) is 34.6 Å². The number of ether oxygens (including phenoxy) is 1. The average molecular weight is 296 g/mol. The van der Waals surface area contributed by atoms with E-state index in [2.05, 4.69) is 10.4 Å². The highest BCUT2D eigenvalue weighted by atomic mass is 16.5. The van der Waals surface area contributed by atoms with Crippen molar-refractivity contribution >= 4 is 17.6 Å². The van der Waals surface area contributed by atoms with Crippen molar-refractivity contribution in [3.05, 3.63) is 12.4 Å². The Morgan fingerprint density at radius 1 is 1.48 bits per heavy atom. The van der Waals surface area contributed by atoms with Crippen molar-refractivity contribution in [1.82, 2.24) is 9.78 Å². The quantitative estimate of drug-likeness (QED) is 0.766. The molecular formula is C14H24N4O3. The summed E-state index contributed by atoms with van der Waals surface area (Å²) < 4.78 is 6.49. The lowest BCUT2D eigenvalue weighted by Crippen LogP contribution is -2.38. The van der Waals surface area contributed by atoms with E-state index < -0.39 is 5.54 Å². The molecule has 118 valence electrons. The average Bonchev–Trinajstić information content (AvgIpc) is 2.86. The molecule has 0 radical (unpaired) electrons. The molecule has 0 aromatic carbocycles. The standard InChI is InChI=1S/C14H24N4O3/c1-6-21-13(20)14(4,5)18-8-11(7-16-18)17-12(19)9(2)10(3)15/h7-10H,6,15H2,1-5H3,(H,17,19). The van der Waals surface area contributed by atoms with Gasteiger partial charge in [0.2, 0.25) is 5.91 Å². The number of hydrogen-bond donors (Lipinski definition) is 2. The summed E-state index contributed by atoms with van der Waals surface area (Å²) >= 11 is 0. The highest BCUT2D eigenvalue weighted by Gasteiger charge is 2.32. The van der Waals surface area contributed by atoms with Gasteiger partial charge in [-0.3, -0.25) is 9.48 Å². The number of rotatable bonds is 6. The third kappa shape index (κ3) is 4.04. The smallest absolute Gasteiger partial charge is 0.333 e. The molecule has 2 unspecified atom stereocenters. The van der Waals surface area contributed by atoms with Crippen molar-refractivity contribution in [2.45, 2.75) is 46.2 Å². The van der Waals surface area contributed by atoms with E-state index in [1.807, 2.05) is 0 Å². The summed E-state index contributed by atoms with van der Waals surface area (Å²) in [5, 5.41) is 6.85. The van der Waals surface area contributed by atoms with Gasteiger partial charge in [-0.25, -0.2) is 4.79 Å². The Morgan fingerprint density at radius 3 is 2.62 bits per heavy atom. The van der Waals surface area contributed by atoms with Crippen LogP contribution >= 0.6 is 0 Å². The van der Waals surface area contributed by atoms with Gasteiger partial charge in [-0.05, 0) is 27.7 Å². The number of carbonyl (C=O) groups is 2. The molecule has 0 aliphatic rings. The van der Waals surface area contributed by atoms with Crippen LogP contribution in [0.2, 0.25) is 0 Å². The summed E-state index contributed by atoms with van der Waals surface area (Å²) in [7, 11) is 0. The molecule has 0 saturated heterocycles. The Morgan fingerprint density at radius 2 is 2.10 bits per heavy atom. The second-order valence-corrected chi connectivity index (χ2v) is 5.59. The van der Waals surface area contributed by atoms with Gasteiger partial charge in [-0.2, -0.15) is 5.10 Å². The monoisotopic (exact) mass is 296 g/mol. The lowest BCUT2D eigenvalue weighted by Gasteiger charge is -2.22. The number of esters is 1. The molecule has 0 bridgehead atoms. The summed E-state index contributed by atoms with van der Waals surface area (Å²) in [6, 6.07) is -0.240. The first-order chi connectivity index (χ1) is 9.70. The lowest BCUT2D eigenvalue weighted by atomic mass is 10.0. The number of nitrogens with two attached hydrogens (primary N) is 1. The zero-order valence-electron chi connectivity index (χ0n) is 13.2. The molecule has 1 heterocycles. The Bertz CT molecular complexity index is 508. The van der Waals surface area contributed by atoms with Crippen LogP contribution in [0.15, 0.2) is 12.4 Å². The van der Waals surface area contributed by atoms with Crippen LogP contribution in [0, 0.1) is 5.92 Å². The number of amides is 1. The number of nitrogens with one attached hydrogen (secondary N) is 1. The van der Waals surface area contributed by atoms with E-state index in [9.17, 15) is 9.59 Å². The second kappa shape index (κ2) is 6.71. The molecule has 0 spiro atoms. The fraction of sp³-hybridized carbons (Fsp3) is 0.643. The van der Waals surface area contributed by atoms with Crippen LogP contribution in [-0.4, -0.2) is 34.3 Å². The summed E-state index contributed by atoms with van der Waals surface area (Å²) in [6.07, 6.45) is 3.09. The highest BCUT2D eigenvalue weighted by Crippen LogP contribution is 2.19. The predicted octanol–water partition coefficient (Wildman–Crippen LogP) is 1.10. The molecule has 0 aliphatic carbocycles. The van der Waals surface area contributed by atoms with Crippen molar-refractivity contribution in [1.29, 1.82) is 0 Å². The van der Waals surface area contributed by atoms with E-state index in [4.69, 9.17) is 10.5 Å². The third-order valence-electron chi connectivity index (χ3n) is 3.40. The van der Waals surface area contributed by atoms with Gasteiger partial charge in [-0.1, -0.05) is 6.92 Å². The first-order valence-corrected chi connectivity index (χ1v) is 6.99. The van der Waals surface area contributed by atoms with Crippen molar-refractivity contribution in [3.8, 4) is 0 Å². The van der Waals surface area contributed by atoms with Gasteiger partial charge in [0.15, 0.2) is 5.54 Å². The van der Waals surface area contributed by atoms with Crippen LogP contribution in [0.3, 0.4) is 0 Å². The first-order valence-electron chi connectivity index (χ1n) is 6.99. The largest absolute Gasteiger partial charge is 0.464 e. The minimum absolute atomic E-state index is 0.182. The summed E-state index contributed by atoms with van der Waals surface area (Å²) in [5.74, 6) is -0.875. The number of hydrogen-bond acceptors (Lipinski definition) is 5. The molecule has 2 atom stereocenters. The highest BCUT2D eigenvalue weighted by molar-refractivity contribution is 5.92. The molecule has 1 amide bonds. The van der Waals surface area contributed by atoms with Crippen LogP contribution < -0.4 is 11.1 Å². The number of carbonyl (C=O) groups excluding carboxylic acids is 2. The molecule has 3 N–H and O–H groups in total. The molecule has 0 saturated carbocycles. The SMILES string of the molecule is CCOC(=O)C(C)(C)n1cc(NC(=O)C(C)C(C)N)cn1. The number of nitrogens with zero attached hydrogens (tertiary/aromatic N) is 2. The van der Waals surface area contributed by atoms with Gasteiger partial charge in [0.1, 0.15) is 0 Å². The molecule has 7 heteroatoms. The Balaban J connectivity index is 2.82. The maximum atomic E-state index is 11.9. The lowest BCUT2D eigenvalue weighted by molar-refractivity contribution is -0.152. The van der Waals surface area contributed by atoms with Crippen LogP contribution in [-0.2, 0) is 19.9 Å². The van der Waals surface area contributed by atoms with Crippen molar-refractivity contribution in [2.75, 3.05) is 11.9 Å². The fourth-order valence-corrected chi connectivity index (χ4v) is 1.59. The molecule has 7 nitrogen and oxygen atoms in total. The van der Waals surface area contributed by atoms with Gasteiger partial charge in [0, 0.05) is 12.2 Å². The Labute approximate surface area is 124 Å². The third-order valence-corrected chi connectivity index (χ3v) is 3.40. The molecular weight excluding hydrogens is 272 g/mol. The van der Waals surface area contributed by atoms with Crippen molar-refractivity contribution in [3.63, 3.8) is 0 Å². The maximum Gasteiger partial charge on any atom is 0.333 e. The summed E-state index contributed by atoms with van der Waals surface area (Å²) in [4.78, 5) is 23.8. The predicted molar refractivity (Wildman–Crippen MR) is 79.6 cm³/mol. The van der Waals surface area contributed by atoms with Gasteiger partial charge >= 0.3 is 5.97 Å². The number of aromatic nitrogens is 2. The number of anilines is 1. The summed E-state index contributed by atoms with van der Waals surface area (Å²) in [5.41, 5.74) is 5.27. The van der Waals surface area contributed by atoms with Crippen LogP contribution in [0.5, 0.6) is 0 Å². The normalized spacial score (nSPS) is 14.4. The topological polar surface area (TPSA) is 99.2 Å². The second-order valence-electron chi connectivity index (χ2n) is 5.59. The van der Waals surface area contributed by atoms with Gasteiger partial charge in [0.25, 0.3) is 0 Å². The van der Waals surface area contributed by atoms with Crippen molar-refractivity contribution < 1.29 is 14.3 Å². The first kappa shape index (κ1) is 17.2. The van der Waals surface area contributed by atoms with E-state index in [1.165, 1.54) is 10.9 Å². The van der Waals surface area contributed by atoms with Crippen LogP contribution in [0.25, 0.3) is 0 Å². The van der Waals surface area contributed by atoms with Crippen LogP contribution in [0.4, 0.5) is 5.69 Å². The summed E-state index contributed by atoms with van der Waals surface area (Å²) in [6.45, 7) is 8.99. The van der Waals surface area contributed by atoms with E-state index in [0.29, 0.717) is 12.3 Å². The molecule has 0 fully saturated rings. The van der Waals surface area contributed by atoms with Crippen molar-refractivity contribution in [2.24, 2.45) is 11.7 Å². The van der Waals surface area contributed by atoms with E-state index in [-0.39, 0.29) is 23.8 Å². The van der Waals surface area contributed by atoms with Gasteiger partial charge in [0.05, 0.1) is 24.4 Å². The van der Waals surface area contributed by atoms with E-state index in [0.717, 1.165) is 0 Å². The molecule has 0 aliphatic heterocycles. The zero-order valence-corrected chi connectivity index (χ0v) is 13.2. The van der Waals surface area contributed by atoms with Gasteiger partial charge < -0.3 is 15.8 Å². The Hall–Kier alpha value is -1.89. The molecule has 21 heavy (non-hydrogen) atoms. The van der Waals surface area contributed by atoms with E-state index in [1.54, 1.807) is 40.8 Å². The maximum absolute atomic E-state index is 11.9. The fourth-order valence-electron chi connectivity index (χ4n) is 1.59. The zero-order chi connectivity index (χ0) is 16.2. The van der Waals surface area contributed by atoms with E-state index >= 15 is 0 Å².